The van der Waals surface area contributed by atoms with Crippen molar-refractivity contribution in [3.05, 3.63) is 36.4 Å². The Balaban J connectivity index is 1.53. The summed E-state index contributed by atoms with van der Waals surface area (Å²) in [5.41, 5.74) is 4.79. The van der Waals surface area contributed by atoms with Gasteiger partial charge in [-0.05, 0) is 52.0 Å². The Kier molecular flexibility index (Phi) is 4.62. The Morgan fingerprint density at radius 3 is 2.90 bits per heavy atom. The molecular weight excluding hydrogens is 378 g/mol. The molecule has 2 aromatic carbocycles. The van der Waals surface area contributed by atoms with Gasteiger partial charge in [0.1, 0.15) is 17.0 Å². The van der Waals surface area contributed by atoms with Crippen molar-refractivity contribution in [2.24, 2.45) is 0 Å². The van der Waals surface area contributed by atoms with E-state index in [2.05, 4.69) is 52.1 Å². The van der Waals surface area contributed by atoms with Crippen LogP contribution in [0.4, 0.5) is 5.69 Å². The van der Waals surface area contributed by atoms with Crippen LogP contribution in [0.3, 0.4) is 0 Å². The quantitative estimate of drug-likeness (QED) is 0.522. The summed E-state index contributed by atoms with van der Waals surface area (Å²) in [5, 5.41) is 8.65. The molecular formula is C23H27N5O2. The summed E-state index contributed by atoms with van der Waals surface area (Å²) in [5.74, 6) is 1.55. The van der Waals surface area contributed by atoms with Gasteiger partial charge in [0.2, 0.25) is 0 Å². The Morgan fingerprint density at radius 1 is 1.20 bits per heavy atom. The highest BCUT2D eigenvalue weighted by molar-refractivity contribution is 5.96. The van der Waals surface area contributed by atoms with E-state index in [9.17, 15) is 0 Å². The van der Waals surface area contributed by atoms with E-state index in [1.165, 1.54) is 5.69 Å². The molecule has 1 aliphatic heterocycles. The topological polar surface area (TPSA) is 79.1 Å². The summed E-state index contributed by atoms with van der Waals surface area (Å²) in [6.45, 7) is 9.97. The van der Waals surface area contributed by atoms with Crippen molar-refractivity contribution < 1.29 is 9.47 Å². The normalized spacial score (nSPS) is 19.8. The van der Waals surface area contributed by atoms with E-state index >= 15 is 0 Å². The first kappa shape index (κ1) is 18.9. The highest BCUT2D eigenvalue weighted by Gasteiger charge is 2.24. The number of ether oxygens (including phenoxy) is 2. The number of nitrogens with one attached hydrogen (secondary N) is 2. The number of para-hydroxylation sites is 1. The molecule has 3 heterocycles. The Labute approximate surface area is 175 Å². The lowest BCUT2D eigenvalue weighted by molar-refractivity contribution is 0.0344. The number of imidazole rings is 1. The molecule has 0 aliphatic carbocycles. The van der Waals surface area contributed by atoms with Gasteiger partial charge in [-0.15, -0.1) is 0 Å². The number of H-pyrrole nitrogens is 2. The summed E-state index contributed by atoms with van der Waals surface area (Å²) in [7, 11) is 0. The third kappa shape index (κ3) is 3.29. The van der Waals surface area contributed by atoms with E-state index in [1.54, 1.807) is 0 Å². The van der Waals surface area contributed by atoms with Crippen molar-refractivity contribution in [1.82, 2.24) is 20.2 Å². The molecule has 4 aromatic rings. The minimum absolute atomic E-state index is 0.0947. The molecule has 30 heavy (non-hydrogen) atoms. The molecule has 0 bridgehead atoms. The lowest BCUT2D eigenvalue weighted by atomic mass is 10.1. The highest BCUT2D eigenvalue weighted by atomic mass is 16.5. The van der Waals surface area contributed by atoms with Gasteiger partial charge in [-0.2, -0.15) is 5.10 Å². The van der Waals surface area contributed by atoms with Crippen molar-refractivity contribution >= 4 is 27.6 Å². The zero-order valence-electron chi connectivity index (χ0n) is 17.8. The molecule has 156 valence electrons. The summed E-state index contributed by atoms with van der Waals surface area (Å²) >= 11 is 0. The smallest absolute Gasteiger partial charge is 0.159 e. The Morgan fingerprint density at radius 2 is 2.07 bits per heavy atom. The number of anilines is 1. The second-order valence-electron chi connectivity index (χ2n) is 8.35. The predicted octanol–water partition coefficient (Wildman–Crippen LogP) is 4.51. The van der Waals surface area contributed by atoms with Crippen LogP contribution in [-0.4, -0.2) is 51.6 Å². The van der Waals surface area contributed by atoms with E-state index in [0.717, 1.165) is 52.4 Å². The molecule has 7 heteroatoms. The van der Waals surface area contributed by atoms with Gasteiger partial charge in [-0.25, -0.2) is 4.98 Å². The average molecular weight is 406 g/mol. The molecule has 1 aliphatic rings. The number of hydrogen-bond donors (Lipinski definition) is 2. The van der Waals surface area contributed by atoms with Crippen LogP contribution >= 0.6 is 0 Å². The number of fused-ring (bicyclic) bond motifs is 2. The number of nitrogens with zero attached hydrogens (tertiary/aromatic N) is 3. The molecule has 2 aromatic heterocycles. The van der Waals surface area contributed by atoms with Gasteiger partial charge in [-0.3, -0.25) is 5.10 Å². The van der Waals surface area contributed by atoms with Crippen molar-refractivity contribution in [3.8, 4) is 17.3 Å². The van der Waals surface area contributed by atoms with Gasteiger partial charge >= 0.3 is 0 Å². The van der Waals surface area contributed by atoms with Crippen LogP contribution in [0, 0.1) is 0 Å². The van der Waals surface area contributed by atoms with E-state index < -0.39 is 0 Å². The third-order valence-corrected chi connectivity index (χ3v) is 5.55. The highest BCUT2D eigenvalue weighted by Crippen LogP contribution is 2.32. The Hall–Kier alpha value is -3.06. The lowest BCUT2D eigenvalue weighted by Gasteiger charge is -2.38. The molecule has 2 atom stereocenters. The van der Waals surface area contributed by atoms with Gasteiger partial charge in [0.15, 0.2) is 5.82 Å². The van der Waals surface area contributed by atoms with Crippen molar-refractivity contribution in [1.29, 1.82) is 0 Å². The molecule has 0 amide bonds. The molecule has 0 spiro atoms. The zero-order chi connectivity index (χ0) is 20.8. The van der Waals surface area contributed by atoms with Gasteiger partial charge < -0.3 is 19.4 Å². The fourth-order valence-corrected chi connectivity index (χ4v) is 4.10. The fourth-order valence-electron chi connectivity index (χ4n) is 4.10. The van der Waals surface area contributed by atoms with Gasteiger partial charge in [0.05, 0.1) is 29.8 Å². The summed E-state index contributed by atoms with van der Waals surface area (Å²) in [4.78, 5) is 10.7. The van der Waals surface area contributed by atoms with Gasteiger partial charge in [-0.1, -0.05) is 12.1 Å². The molecule has 2 N–H and O–H groups in total. The summed E-state index contributed by atoms with van der Waals surface area (Å²) in [6.07, 6.45) is 0.323. The van der Waals surface area contributed by atoms with Crippen molar-refractivity contribution in [2.75, 3.05) is 18.1 Å². The van der Waals surface area contributed by atoms with E-state index in [-0.39, 0.29) is 12.2 Å². The number of aromatic amines is 2. The maximum absolute atomic E-state index is 5.92. The number of aromatic nitrogens is 4. The summed E-state index contributed by atoms with van der Waals surface area (Å²) < 4.78 is 11.7. The summed E-state index contributed by atoms with van der Waals surface area (Å²) in [6, 6.07) is 12.7. The van der Waals surface area contributed by atoms with Crippen LogP contribution in [0.1, 0.15) is 27.7 Å². The van der Waals surface area contributed by atoms with Crippen LogP contribution < -0.4 is 9.64 Å². The molecule has 2 unspecified atom stereocenters. The standard InChI is InChI=1S/C23H27N5O2/c1-13(2)30-20-7-5-6-17-21(20)26-27-22(17)23-24-18-9-8-16(10-19(18)25-23)28-11-15(4)29-12-14(28)3/h5-10,13-15H,11-12H2,1-4H3,(H,24,25)(H,26,27). The van der Waals surface area contributed by atoms with Crippen LogP contribution in [0.15, 0.2) is 36.4 Å². The molecule has 0 radical (unpaired) electrons. The maximum atomic E-state index is 5.92. The molecule has 7 nitrogen and oxygen atoms in total. The first-order valence-corrected chi connectivity index (χ1v) is 10.5. The minimum atomic E-state index is 0.0947. The monoisotopic (exact) mass is 405 g/mol. The van der Waals surface area contributed by atoms with Crippen LogP contribution in [0.2, 0.25) is 0 Å². The molecule has 0 saturated carbocycles. The SMILES string of the molecule is CC(C)Oc1cccc2c(-c3nc4ccc(N5CC(C)OCC5C)cc4[nH]3)n[nH]c12. The van der Waals surface area contributed by atoms with E-state index in [1.807, 2.05) is 32.0 Å². The second-order valence-corrected chi connectivity index (χ2v) is 8.35. The zero-order valence-corrected chi connectivity index (χ0v) is 17.8. The van der Waals surface area contributed by atoms with Crippen molar-refractivity contribution in [2.45, 2.75) is 45.9 Å². The third-order valence-electron chi connectivity index (χ3n) is 5.55. The van der Waals surface area contributed by atoms with Gasteiger partial charge in [0, 0.05) is 23.7 Å². The van der Waals surface area contributed by atoms with Crippen molar-refractivity contribution in [3.63, 3.8) is 0 Å². The first-order chi connectivity index (χ1) is 14.5. The number of hydrogen-bond acceptors (Lipinski definition) is 5. The van der Waals surface area contributed by atoms with Gasteiger partial charge in [0.25, 0.3) is 0 Å². The predicted molar refractivity (Wildman–Crippen MR) is 119 cm³/mol. The van der Waals surface area contributed by atoms with Crippen LogP contribution in [0.25, 0.3) is 33.5 Å². The number of rotatable bonds is 4. The minimum Gasteiger partial charge on any atom is -0.489 e. The molecule has 1 fully saturated rings. The van der Waals surface area contributed by atoms with Crippen LogP contribution in [-0.2, 0) is 4.74 Å². The largest absolute Gasteiger partial charge is 0.489 e. The van der Waals surface area contributed by atoms with Crippen LogP contribution in [0.5, 0.6) is 5.75 Å². The number of benzene rings is 2. The number of morpholine rings is 1. The fraction of sp³-hybridized carbons (Fsp3) is 0.391. The van der Waals surface area contributed by atoms with E-state index in [4.69, 9.17) is 14.5 Å². The molecule has 1 saturated heterocycles. The lowest BCUT2D eigenvalue weighted by Crippen LogP contribution is -2.47. The maximum Gasteiger partial charge on any atom is 0.159 e. The second kappa shape index (κ2) is 7.32. The first-order valence-electron chi connectivity index (χ1n) is 10.5. The van der Waals surface area contributed by atoms with E-state index in [0.29, 0.717) is 6.04 Å². The molecule has 5 rings (SSSR count). The average Bonchev–Trinajstić information content (AvgIpc) is 3.33. The Bertz CT molecular complexity index is 1190.